The van der Waals surface area contributed by atoms with Gasteiger partial charge in [0.2, 0.25) is 0 Å². The Morgan fingerprint density at radius 1 is 1.10 bits per heavy atom. The molecule has 160 valence electrons. The summed E-state index contributed by atoms with van der Waals surface area (Å²) >= 11 is 0. The molecule has 3 rings (SSSR count). The number of urea groups is 1. The van der Waals surface area contributed by atoms with Crippen LogP contribution in [0.4, 0.5) is 10.5 Å². The van der Waals surface area contributed by atoms with Crippen molar-refractivity contribution in [3.63, 3.8) is 0 Å². The Bertz CT molecular complexity index is 942. The molecule has 0 unspecified atom stereocenters. The van der Waals surface area contributed by atoms with Crippen LogP contribution in [0.1, 0.15) is 40.4 Å². The van der Waals surface area contributed by atoms with Crippen molar-refractivity contribution >= 4 is 17.6 Å². The maximum atomic E-state index is 13.2. The number of likely N-dealkylation sites (tertiary alicyclic amines) is 1. The fourth-order valence-electron chi connectivity index (χ4n) is 3.77. The molecular formula is C23H29N3O4. The monoisotopic (exact) mass is 411 g/mol. The third-order valence-electron chi connectivity index (χ3n) is 5.44. The molecule has 0 bridgehead atoms. The number of rotatable bonds is 5. The van der Waals surface area contributed by atoms with Gasteiger partial charge in [0.1, 0.15) is 11.5 Å². The van der Waals surface area contributed by atoms with Crippen LogP contribution in [0.5, 0.6) is 11.5 Å². The highest BCUT2D eigenvalue weighted by Crippen LogP contribution is 2.39. The lowest BCUT2D eigenvalue weighted by Crippen LogP contribution is -2.35. The summed E-state index contributed by atoms with van der Waals surface area (Å²) in [4.78, 5) is 28.8. The van der Waals surface area contributed by atoms with Gasteiger partial charge in [-0.05, 0) is 55.7 Å². The minimum absolute atomic E-state index is 0.106. The Labute approximate surface area is 177 Å². The molecule has 2 aromatic carbocycles. The number of anilines is 1. The maximum absolute atomic E-state index is 13.2. The molecule has 0 aliphatic carbocycles. The van der Waals surface area contributed by atoms with Crippen LogP contribution in [-0.4, -0.2) is 56.6 Å². The lowest BCUT2D eigenvalue weighted by atomic mass is 10.0. The number of carbonyl (C=O) groups is 2. The van der Waals surface area contributed by atoms with Crippen molar-refractivity contribution in [2.24, 2.45) is 0 Å². The van der Waals surface area contributed by atoms with Gasteiger partial charge in [-0.25, -0.2) is 4.79 Å². The molecule has 0 radical (unpaired) electrons. The Kier molecular flexibility index (Phi) is 6.50. The number of amides is 3. The molecule has 1 fully saturated rings. The molecule has 0 aromatic heterocycles. The Morgan fingerprint density at radius 2 is 1.87 bits per heavy atom. The van der Waals surface area contributed by atoms with E-state index in [0.29, 0.717) is 17.8 Å². The highest BCUT2D eigenvalue weighted by atomic mass is 16.5. The third-order valence-corrected chi connectivity index (χ3v) is 5.44. The first-order valence-electron chi connectivity index (χ1n) is 9.97. The van der Waals surface area contributed by atoms with E-state index in [1.54, 1.807) is 40.4 Å². The minimum Gasteiger partial charge on any atom is -0.497 e. The predicted molar refractivity (Wildman–Crippen MR) is 116 cm³/mol. The topological polar surface area (TPSA) is 71.1 Å². The molecular weight excluding hydrogens is 382 g/mol. The van der Waals surface area contributed by atoms with Gasteiger partial charge >= 0.3 is 6.03 Å². The summed E-state index contributed by atoms with van der Waals surface area (Å²) in [7, 11) is 6.66. The van der Waals surface area contributed by atoms with Crippen molar-refractivity contribution in [2.75, 3.05) is 40.2 Å². The van der Waals surface area contributed by atoms with E-state index in [1.165, 1.54) is 4.90 Å². The predicted octanol–water partition coefficient (Wildman–Crippen LogP) is 4.08. The summed E-state index contributed by atoms with van der Waals surface area (Å²) in [5.74, 6) is 1.35. The van der Waals surface area contributed by atoms with Crippen LogP contribution < -0.4 is 14.8 Å². The van der Waals surface area contributed by atoms with Crippen molar-refractivity contribution in [1.29, 1.82) is 0 Å². The maximum Gasteiger partial charge on any atom is 0.322 e. The highest BCUT2D eigenvalue weighted by molar-refractivity contribution is 5.97. The van der Waals surface area contributed by atoms with Gasteiger partial charge in [-0.2, -0.15) is 0 Å². The van der Waals surface area contributed by atoms with Gasteiger partial charge in [-0.15, -0.1) is 0 Å². The summed E-state index contributed by atoms with van der Waals surface area (Å²) < 4.78 is 10.9. The second-order valence-corrected chi connectivity index (χ2v) is 7.62. The smallest absolute Gasteiger partial charge is 0.322 e. The summed E-state index contributed by atoms with van der Waals surface area (Å²) in [6, 6.07) is 10.7. The number of ether oxygens (including phenoxy) is 2. The number of hydrogen-bond acceptors (Lipinski definition) is 4. The molecule has 30 heavy (non-hydrogen) atoms. The fraction of sp³-hybridized carbons (Fsp3) is 0.391. The third kappa shape index (κ3) is 4.35. The Balaban J connectivity index is 1.85. The molecule has 1 N–H and O–H groups in total. The zero-order chi connectivity index (χ0) is 21.8. The zero-order valence-electron chi connectivity index (χ0n) is 18.2. The van der Waals surface area contributed by atoms with Gasteiger partial charge in [-0.1, -0.05) is 6.07 Å². The molecule has 7 nitrogen and oxygen atoms in total. The number of benzene rings is 2. The van der Waals surface area contributed by atoms with Crippen LogP contribution in [0.25, 0.3) is 0 Å². The van der Waals surface area contributed by atoms with Crippen molar-refractivity contribution in [1.82, 2.24) is 9.80 Å². The Hall–Kier alpha value is -3.22. The normalized spacial score (nSPS) is 15.6. The van der Waals surface area contributed by atoms with Gasteiger partial charge in [0, 0.05) is 37.5 Å². The van der Waals surface area contributed by atoms with Gasteiger partial charge in [-0.3, -0.25) is 4.79 Å². The lowest BCUT2D eigenvalue weighted by molar-refractivity contribution is 0.0827. The van der Waals surface area contributed by atoms with E-state index in [2.05, 4.69) is 5.32 Å². The van der Waals surface area contributed by atoms with Gasteiger partial charge in [0.15, 0.2) is 0 Å². The van der Waals surface area contributed by atoms with Crippen molar-refractivity contribution < 1.29 is 19.1 Å². The molecule has 1 aliphatic heterocycles. The van der Waals surface area contributed by atoms with Crippen molar-refractivity contribution in [3.8, 4) is 11.5 Å². The number of carbonyl (C=O) groups excluding carboxylic acids is 2. The average Bonchev–Trinajstić information content (AvgIpc) is 3.24. The lowest BCUT2D eigenvalue weighted by Gasteiger charge is -2.27. The van der Waals surface area contributed by atoms with Crippen LogP contribution in [0.15, 0.2) is 36.4 Å². The standard InChI is InChI=1S/C23H29N3O4/c1-15-8-9-16(22(27)25(2)3)13-19(15)24-23(28)26-12-6-7-20(26)18-14-17(29-4)10-11-21(18)30-5/h8-11,13-14,20H,6-7,12H2,1-5H3,(H,24,28)/t20-/m1/s1. The number of nitrogens with one attached hydrogen (secondary N) is 1. The van der Waals surface area contributed by atoms with Crippen LogP contribution in [0, 0.1) is 6.92 Å². The summed E-state index contributed by atoms with van der Waals surface area (Å²) in [5, 5.41) is 3.00. The van der Waals surface area contributed by atoms with E-state index < -0.39 is 0 Å². The average molecular weight is 412 g/mol. The van der Waals surface area contributed by atoms with E-state index in [0.717, 1.165) is 35.5 Å². The van der Waals surface area contributed by atoms with Crippen LogP contribution in [0.2, 0.25) is 0 Å². The summed E-state index contributed by atoms with van der Waals surface area (Å²) in [6.45, 7) is 2.55. The van der Waals surface area contributed by atoms with Crippen LogP contribution in [-0.2, 0) is 0 Å². The molecule has 1 saturated heterocycles. The first-order chi connectivity index (χ1) is 14.3. The van der Waals surface area contributed by atoms with E-state index in [-0.39, 0.29) is 18.0 Å². The fourth-order valence-corrected chi connectivity index (χ4v) is 3.77. The van der Waals surface area contributed by atoms with Gasteiger partial charge in [0.05, 0.1) is 20.3 Å². The summed E-state index contributed by atoms with van der Waals surface area (Å²) in [5.41, 5.74) is 3.00. The van der Waals surface area contributed by atoms with Gasteiger partial charge < -0.3 is 24.6 Å². The number of hydrogen-bond donors (Lipinski definition) is 1. The second-order valence-electron chi connectivity index (χ2n) is 7.62. The molecule has 1 aliphatic rings. The molecule has 0 spiro atoms. The van der Waals surface area contributed by atoms with E-state index in [9.17, 15) is 9.59 Å². The van der Waals surface area contributed by atoms with E-state index >= 15 is 0 Å². The first-order valence-corrected chi connectivity index (χ1v) is 9.97. The van der Waals surface area contributed by atoms with E-state index in [4.69, 9.17) is 9.47 Å². The van der Waals surface area contributed by atoms with Crippen molar-refractivity contribution in [2.45, 2.75) is 25.8 Å². The highest BCUT2D eigenvalue weighted by Gasteiger charge is 2.32. The number of nitrogens with zero attached hydrogens (tertiary/aromatic N) is 2. The largest absolute Gasteiger partial charge is 0.497 e. The number of aryl methyl sites for hydroxylation is 1. The number of methoxy groups -OCH3 is 2. The molecule has 1 atom stereocenters. The van der Waals surface area contributed by atoms with Crippen LogP contribution >= 0.6 is 0 Å². The van der Waals surface area contributed by atoms with E-state index in [1.807, 2.05) is 36.1 Å². The zero-order valence-corrected chi connectivity index (χ0v) is 18.2. The second kappa shape index (κ2) is 9.07. The van der Waals surface area contributed by atoms with Gasteiger partial charge in [0.25, 0.3) is 5.91 Å². The molecule has 2 aromatic rings. The van der Waals surface area contributed by atoms with Crippen molar-refractivity contribution in [3.05, 3.63) is 53.1 Å². The minimum atomic E-state index is -0.195. The molecule has 7 heteroatoms. The SMILES string of the molecule is COc1ccc(OC)c([C@H]2CCCN2C(=O)Nc2cc(C(=O)N(C)C)ccc2C)c1. The van der Waals surface area contributed by atoms with Crippen LogP contribution in [0.3, 0.4) is 0 Å². The molecule has 3 amide bonds. The Morgan fingerprint density at radius 3 is 2.53 bits per heavy atom. The molecule has 1 heterocycles. The molecule has 0 saturated carbocycles. The summed E-state index contributed by atoms with van der Waals surface area (Å²) in [6.07, 6.45) is 1.74. The first kappa shape index (κ1) is 21.5. The quantitative estimate of drug-likeness (QED) is 0.805.